The Labute approximate surface area is 184 Å². The van der Waals surface area contributed by atoms with E-state index in [1.54, 1.807) is 12.0 Å². The number of nitrogens with one attached hydrogen (secondary N) is 1. The number of ether oxygens (including phenoxy) is 1. The molecule has 2 aliphatic rings. The zero-order chi connectivity index (χ0) is 21.6. The lowest BCUT2D eigenvalue weighted by Gasteiger charge is -2.28. The van der Waals surface area contributed by atoms with E-state index in [1.807, 2.05) is 42.5 Å². The van der Waals surface area contributed by atoms with Crippen LogP contribution in [0.1, 0.15) is 36.4 Å². The summed E-state index contributed by atoms with van der Waals surface area (Å²) in [6.45, 7) is 3.68. The molecule has 2 aromatic rings. The van der Waals surface area contributed by atoms with Gasteiger partial charge in [-0.2, -0.15) is 0 Å². The minimum Gasteiger partial charge on any atom is -0.497 e. The van der Waals surface area contributed by atoms with Crippen LogP contribution < -0.4 is 10.1 Å². The molecule has 6 heteroatoms. The highest BCUT2D eigenvalue weighted by Gasteiger charge is 2.34. The van der Waals surface area contributed by atoms with Crippen molar-refractivity contribution in [2.45, 2.75) is 31.8 Å². The Morgan fingerprint density at radius 3 is 2.48 bits per heavy atom. The molecule has 1 N–H and O–H groups in total. The molecule has 0 unspecified atom stereocenters. The Kier molecular flexibility index (Phi) is 6.87. The first kappa shape index (κ1) is 21.4. The van der Waals surface area contributed by atoms with Gasteiger partial charge in [-0.1, -0.05) is 42.5 Å². The lowest BCUT2D eigenvalue weighted by molar-refractivity contribution is -0.129. The van der Waals surface area contributed by atoms with Gasteiger partial charge in [-0.05, 0) is 49.2 Å². The maximum absolute atomic E-state index is 12.9. The molecule has 2 atom stereocenters. The van der Waals surface area contributed by atoms with Crippen molar-refractivity contribution in [2.75, 3.05) is 33.3 Å². The monoisotopic (exact) mass is 421 g/mol. The van der Waals surface area contributed by atoms with Crippen molar-refractivity contribution in [3.63, 3.8) is 0 Å². The van der Waals surface area contributed by atoms with Gasteiger partial charge in [0.1, 0.15) is 5.75 Å². The molecule has 6 nitrogen and oxygen atoms in total. The molecule has 2 aromatic carbocycles. The summed E-state index contributed by atoms with van der Waals surface area (Å²) in [6, 6.07) is 18.2. The molecule has 2 amide bonds. The first-order chi connectivity index (χ1) is 15.1. The van der Waals surface area contributed by atoms with Crippen LogP contribution in [0, 0.1) is 5.92 Å². The minimum atomic E-state index is -0.286. The summed E-state index contributed by atoms with van der Waals surface area (Å²) >= 11 is 0. The van der Waals surface area contributed by atoms with E-state index in [-0.39, 0.29) is 30.2 Å². The molecule has 164 valence electrons. The molecule has 2 aliphatic heterocycles. The second-order valence-corrected chi connectivity index (χ2v) is 8.44. The van der Waals surface area contributed by atoms with Crippen molar-refractivity contribution < 1.29 is 14.3 Å². The standard InChI is InChI=1S/C25H31N3O3/c1-31-22-11-9-20(10-12-22)23(27-13-5-6-14-27)16-26-25(30)21-15-24(29)28(18-21)17-19-7-3-2-4-8-19/h2-4,7-12,21,23H,5-6,13-18H2,1H3,(H,26,30)/t21-,23-/m0/s1. The summed E-state index contributed by atoms with van der Waals surface area (Å²) in [5.41, 5.74) is 2.27. The number of carbonyl (C=O) groups is 2. The summed E-state index contributed by atoms with van der Waals surface area (Å²) in [5.74, 6) is 0.569. The van der Waals surface area contributed by atoms with Crippen molar-refractivity contribution in [3.8, 4) is 5.75 Å². The third-order valence-corrected chi connectivity index (χ3v) is 6.35. The van der Waals surface area contributed by atoms with Gasteiger partial charge in [-0.3, -0.25) is 14.5 Å². The molecule has 2 saturated heterocycles. The van der Waals surface area contributed by atoms with Gasteiger partial charge in [-0.25, -0.2) is 0 Å². The van der Waals surface area contributed by atoms with Crippen LogP contribution in [0.15, 0.2) is 54.6 Å². The fourth-order valence-corrected chi connectivity index (χ4v) is 4.58. The number of benzene rings is 2. The van der Waals surface area contributed by atoms with E-state index >= 15 is 0 Å². The maximum atomic E-state index is 12.9. The number of amides is 2. The van der Waals surface area contributed by atoms with Gasteiger partial charge in [0.2, 0.25) is 11.8 Å². The predicted molar refractivity (Wildman–Crippen MR) is 120 cm³/mol. The number of carbonyl (C=O) groups excluding carboxylic acids is 2. The number of methoxy groups -OCH3 is 1. The van der Waals surface area contributed by atoms with E-state index in [4.69, 9.17) is 4.74 Å². The number of hydrogen-bond acceptors (Lipinski definition) is 4. The van der Waals surface area contributed by atoms with Gasteiger partial charge in [-0.15, -0.1) is 0 Å². The molecule has 2 heterocycles. The molecular weight excluding hydrogens is 390 g/mol. The Hall–Kier alpha value is -2.86. The van der Waals surface area contributed by atoms with E-state index in [0.717, 1.165) is 24.4 Å². The average molecular weight is 422 g/mol. The molecule has 0 aromatic heterocycles. The van der Waals surface area contributed by atoms with E-state index in [2.05, 4.69) is 22.3 Å². The van der Waals surface area contributed by atoms with Gasteiger partial charge in [0.25, 0.3) is 0 Å². The highest BCUT2D eigenvalue weighted by molar-refractivity contribution is 5.89. The molecule has 0 spiro atoms. The fraction of sp³-hybridized carbons (Fsp3) is 0.440. The zero-order valence-corrected chi connectivity index (χ0v) is 18.1. The third kappa shape index (κ3) is 5.25. The quantitative estimate of drug-likeness (QED) is 0.712. The van der Waals surface area contributed by atoms with Crippen LogP contribution in [-0.2, 0) is 16.1 Å². The second kappa shape index (κ2) is 9.96. The molecule has 0 aliphatic carbocycles. The smallest absolute Gasteiger partial charge is 0.225 e. The van der Waals surface area contributed by atoms with Gasteiger partial charge in [0, 0.05) is 26.1 Å². The summed E-state index contributed by atoms with van der Waals surface area (Å²) < 4.78 is 5.28. The van der Waals surface area contributed by atoms with E-state index in [1.165, 1.54) is 18.4 Å². The maximum Gasteiger partial charge on any atom is 0.225 e. The Morgan fingerprint density at radius 1 is 1.10 bits per heavy atom. The largest absolute Gasteiger partial charge is 0.497 e. The third-order valence-electron chi connectivity index (χ3n) is 6.35. The number of likely N-dealkylation sites (tertiary alicyclic amines) is 2. The van der Waals surface area contributed by atoms with Crippen LogP contribution in [0.2, 0.25) is 0 Å². The highest BCUT2D eigenvalue weighted by Crippen LogP contribution is 2.27. The van der Waals surface area contributed by atoms with E-state index in [9.17, 15) is 9.59 Å². The lowest BCUT2D eigenvalue weighted by atomic mass is 10.0. The fourth-order valence-electron chi connectivity index (χ4n) is 4.58. The number of hydrogen-bond donors (Lipinski definition) is 1. The van der Waals surface area contributed by atoms with Crippen molar-refractivity contribution in [1.82, 2.24) is 15.1 Å². The summed E-state index contributed by atoms with van der Waals surface area (Å²) in [4.78, 5) is 29.6. The summed E-state index contributed by atoms with van der Waals surface area (Å²) in [7, 11) is 1.66. The number of rotatable bonds is 8. The molecule has 31 heavy (non-hydrogen) atoms. The molecular formula is C25H31N3O3. The van der Waals surface area contributed by atoms with Crippen LogP contribution in [0.3, 0.4) is 0 Å². The molecule has 2 fully saturated rings. The first-order valence-corrected chi connectivity index (χ1v) is 11.1. The zero-order valence-electron chi connectivity index (χ0n) is 18.1. The number of nitrogens with zero attached hydrogens (tertiary/aromatic N) is 2. The minimum absolute atomic E-state index is 0.0263. The van der Waals surface area contributed by atoms with E-state index in [0.29, 0.717) is 19.6 Å². The topological polar surface area (TPSA) is 61.9 Å². The van der Waals surface area contributed by atoms with Crippen molar-refractivity contribution in [1.29, 1.82) is 0 Å². The van der Waals surface area contributed by atoms with Crippen molar-refractivity contribution >= 4 is 11.8 Å². The highest BCUT2D eigenvalue weighted by atomic mass is 16.5. The van der Waals surface area contributed by atoms with Gasteiger partial charge in [0.15, 0.2) is 0 Å². The van der Waals surface area contributed by atoms with Gasteiger partial charge in [0.05, 0.1) is 19.1 Å². The van der Waals surface area contributed by atoms with Crippen LogP contribution in [-0.4, -0.2) is 54.9 Å². The Bertz CT molecular complexity index is 879. The van der Waals surface area contributed by atoms with Gasteiger partial charge < -0.3 is 15.0 Å². The van der Waals surface area contributed by atoms with Crippen molar-refractivity contribution in [3.05, 3.63) is 65.7 Å². The van der Waals surface area contributed by atoms with Gasteiger partial charge >= 0.3 is 0 Å². The lowest BCUT2D eigenvalue weighted by Crippen LogP contribution is -2.39. The van der Waals surface area contributed by atoms with Crippen LogP contribution in [0.5, 0.6) is 5.75 Å². The Morgan fingerprint density at radius 2 is 1.81 bits per heavy atom. The van der Waals surface area contributed by atoms with Crippen LogP contribution in [0.4, 0.5) is 0 Å². The van der Waals surface area contributed by atoms with E-state index < -0.39 is 0 Å². The summed E-state index contributed by atoms with van der Waals surface area (Å²) in [5, 5.41) is 3.14. The molecule has 0 saturated carbocycles. The molecule has 0 radical (unpaired) electrons. The molecule has 4 rings (SSSR count). The predicted octanol–water partition coefficient (Wildman–Crippen LogP) is 3.00. The van der Waals surface area contributed by atoms with Crippen LogP contribution >= 0.6 is 0 Å². The summed E-state index contributed by atoms with van der Waals surface area (Å²) in [6.07, 6.45) is 2.66. The van der Waals surface area contributed by atoms with Crippen molar-refractivity contribution in [2.24, 2.45) is 5.92 Å². The Balaban J connectivity index is 1.36. The molecule has 0 bridgehead atoms. The normalized spacial score (nSPS) is 20.1. The average Bonchev–Trinajstić information content (AvgIpc) is 3.45. The first-order valence-electron chi connectivity index (χ1n) is 11.1. The SMILES string of the molecule is COc1ccc([C@H](CNC(=O)[C@H]2CC(=O)N(Cc3ccccc3)C2)N2CCCC2)cc1. The second-order valence-electron chi connectivity index (χ2n) is 8.44. The van der Waals surface area contributed by atoms with Crippen LogP contribution in [0.25, 0.3) is 0 Å².